The van der Waals surface area contributed by atoms with Crippen LogP contribution in [-0.4, -0.2) is 53.5 Å². The average Bonchev–Trinajstić information content (AvgIpc) is 2.91. The largest absolute Gasteiger partial charge is 0.497 e. The second kappa shape index (κ2) is 12.6. The maximum atomic E-state index is 15.4. The van der Waals surface area contributed by atoms with E-state index in [1.807, 2.05) is 0 Å². The van der Waals surface area contributed by atoms with Crippen LogP contribution in [0.15, 0.2) is 53.6 Å². The number of carboxylic acid groups (broad SMARTS) is 1. The molecule has 1 N–H and O–H groups in total. The van der Waals surface area contributed by atoms with Gasteiger partial charge in [0.25, 0.3) is 0 Å². The molecule has 5 nitrogen and oxygen atoms in total. The number of ether oxygens (including phenoxy) is 1. The van der Waals surface area contributed by atoms with Crippen molar-refractivity contribution in [1.82, 2.24) is 9.88 Å². The molecule has 4 rings (SSSR count). The predicted molar refractivity (Wildman–Crippen MR) is 139 cm³/mol. The summed E-state index contributed by atoms with van der Waals surface area (Å²) < 4.78 is 47.8. The van der Waals surface area contributed by atoms with E-state index in [0.717, 1.165) is 25.1 Å². The van der Waals surface area contributed by atoms with E-state index in [4.69, 9.17) is 4.74 Å². The fourth-order valence-corrected chi connectivity index (χ4v) is 5.91. The van der Waals surface area contributed by atoms with Gasteiger partial charge in [0.05, 0.1) is 18.5 Å². The highest BCUT2D eigenvalue weighted by molar-refractivity contribution is 7.99. The topological polar surface area (TPSA) is 62.7 Å². The number of rotatable bonds is 11. The third kappa shape index (κ3) is 6.96. The molecule has 0 radical (unpaired) electrons. The first-order valence-corrected chi connectivity index (χ1v) is 13.4. The number of hydrogen-bond acceptors (Lipinski definition) is 5. The van der Waals surface area contributed by atoms with Gasteiger partial charge in [0.1, 0.15) is 23.6 Å². The molecule has 1 unspecified atom stereocenters. The minimum Gasteiger partial charge on any atom is -0.497 e. The molecular weight excluding hydrogens is 501 g/mol. The van der Waals surface area contributed by atoms with Crippen LogP contribution < -0.4 is 4.74 Å². The Morgan fingerprint density at radius 1 is 1.24 bits per heavy atom. The summed E-state index contributed by atoms with van der Waals surface area (Å²) in [6.07, 6.45) is 2.49. The number of carbonyl (C=O) groups is 1. The minimum absolute atomic E-state index is 0.106. The third-order valence-corrected chi connectivity index (χ3v) is 8.15. The van der Waals surface area contributed by atoms with Crippen molar-refractivity contribution in [3.8, 4) is 5.75 Å². The lowest BCUT2D eigenvalue weighted by molar-refractivity contribution is -0.146. The van der Waals surface area contributed by atoms with Crippen molar-refractivity contribution in [2.24, 2.45) is 11.8 Å². The highest BCUT2D eigenvalue weighted by Gasteiger charge is 2.34. The van der Waals surface area contributed by atoms with Crippen LogP contribution in [0.25, 0.3) is 10.9 Å². The van der Waals surface area contributed by atoms with Crippen molar-refractivity contribution < 1.29 is 27.8 Å². The molecule has 0 aliphatic carbocycles. The summed E-state index contributed by atoms with van der Waals surface area (Å²) in [6, 6.07) is 10.5. The summed E-state index contributed by atoms with van der Waals surface area (Å²) in [4.78, 5) is 18.7. The highest BCUT2D eigenvalue weighted by atomic mass is 32.2. The summed E-state index contributed by atoms with van der Waals surface area (Å²) in [6.45, 7) is 1.82. The predicted octanol–water partition coefficient (Wildman–Crippen LogP) is 6.52. The van der Waals surface area contributed by atoms with E-state index in [1.165, 1.54) is 17.8 Å². The van der Waals surface area contributed by atoms with Crippen molar-refractivity contribution >= 4 is 28.6 Å². The van der Waals surface area contributed by atoms with Gasteiger partial charge in [-0.3, -0.25) is 9.78 Å². The second-order valence-corrected chi connectivity index (χ2v) is 10.5. The van der Waals surface area contributed by atoms with Crippen LogP contribution in [0, 0.1) is 23.5 Å². The molecule has 0 spiro atoms. The molecule has 1 saturated heterocycles. The molecule has 0 bridgehead atoms. The van der Waals surface area contributed by atoms with Gasteiger partial charge >= 0.3 is 5.97 Å². The van der Waals surface area contributed by atoms with Crippen LogP contribution in [0.5, 0.6) is 5.75 Å². The fraction of sp³-hybridized carbons (Fsp3) is 0.429. The quantitative estimate of drug-likeness (QED) is 0.224. The molecule has 1 aromatic heterocycles. The zero-order valence-corrected chi connectivity index (χ0v) is 21.5. The molecular formula is C28H31F3N2O3S. The number of nitrogens with zero attached hydrogens (tertiary/aromatic N) is 2. The van der Waals surface area contributed by atoms with Gasteiger partial charge in [-0.1, -0.05) is 0 Å². The number of hydrogen-bond donors (Lipinski definition) is 1. The molecule has 1 aliphatic rings. The molecule has 198 valence electrons. The van der Waals surface area contributed by atoms with E-state index in [2.05, 4.69) is 9.88 Å². The Morgan fingerprint density at radius 3 is 2.86 bits per heavy atom. The molecule has 1 fully saturated rings. The summed E-state index contributed by atoms with van der Waals surface area (Å²) in [5.74, 6) is -1.21. The Balaban J connectivity index is 1.29. The zero-order chi connectivity index (χ0) is 26.4. The van der Waals surface area contributed by atoms with Gasteiger partial charge in [0.2, 0.25) is 0 Å². The smallest absolute Gasteiger partial charge is 0.308 e. The van der Waals surface area contributed by atoms with E-state index in [-0.39, 0.29) is 17.2 Å². The fourth-order valence-electron chi connectivity index (χ4n) is 5.02. The SMILES string of the molecule is COc1ccc2nccc(C(F)CC[C@@H]3CCN(CCCSc4cc(F)ccc4F)C[C@@H]3C(=O)O)c2c1. The third-order valence-electron chi connectivity index (χ3n) is 7.04. The van der Waals surface area contributed by atoms with Crippen molar-refractivity contribution in [3.63, 3.8) is 0 Å². The lowest BCUT2D eigenvalue weighted by Crippen LogP contribution is -2.44. The van der Waals surface area contributed by atoms with Gasteiger partial charge in [-0.05, 0) is 98.5 Å². The van der Waals surface area contributed by atoms with Crippen molar-refractivity contribution in [2.75, 3.05) is 32.5 Å². The van der Waals surface area contributed by atoms with Gasteiger partial charge in [0, 0.05) is 23.0 Å². The number of fused-ring (bicyclic) bond motifs is 1. The standard InChI is InChI=1S/C28H31F3N2O3S/c1-36-20-5-8-26-22(16-20)21(9-11-32-26)24(30)6-3-18-10-13-33(17-23(18)28(34)35)12-2-14-37-27-15-19(29)4-7-25(27)31/h4-5,7-9,11,15-16,18,23-24H,2-3,6,10,12-14,17H2,1H3,(H,34,35)/t18-,23+,24?/m1/s1. The summed E-state index contributed by atoms with van der Waals surface area (Å²) in [7, 11) is 1.56. The van der Waals surface area contributed by atoms with Crippen LogP contribution in [0.2, 0.25) is 0 Å². The van der Waals surface area contributed by atoms with Crippen LogP contribution in [0.3, 0.4) is 0 Å². The van der Waals surface area contributed by atoms with Crippen molar-refractivity contribution in [2.45, 2.75) is 36.8 Å². The number of halogens is 3. The Morgan fingerprint density at radius 2 is 2.08 bits per heavy atom. The minimum atomic E-state index is -1.23. The van der Waals surface area contributed by atoms with E-state index < -0.39 is 29.7 Å². The van der Waals surface area contributed by atoms with Gasteiger partial charge in [-0.25, -0.2) is 13.2 Å². The number of piperidine rings is 1. The zero-order valence-electron chi connectivity index (χ0n) is 20.7. The molecule has 2 heterocycles. The number of likely N-dealkylation sites (tertiary alicyclic amines) is 1. The summed E-state index contributed by atoms with van der Waals surface area (Å²) in [5, 5.41) is 10.6. The first kappa shape index (κ1) is 27.3. The highest BCUT2D eigenvalue weighted by Crippen LogP contribution is 2.35. The Hall–Kier alpha value is -2.78. The van der Waals surface area contributed by atoms with E-state index in [0.29, 0.717) is 53.9 Å². The van der Waals surface area contributed by atoms with Crippen LogP contribution >= 0.6 is 11.8 Å². The average molecular weight is 533 g/mol. The Bertz CT molecular complexity index is 1230. The number of alkyl halides is 1. The van der Waals surface area contributed by atoms with Gasteiger partial charge < -0.3 is 14.7 Å². The monoisotopic (exact) mass is 532 g/mol. The number of thioether (sulfide) groups is 1. The number of carboxylic acids is 1. The number of aromatic nitrogens is 1. The second-order valence-electron chi connectivity index (χ2n) is 9.40. The van der Waals surface area contributed by atoms with Crippen LogP contribution in [0.4, 0.5) is 13.2 Å². The molecule has 0 saturated carbocycles. The molecule has 2 aromatic carbocycles. The normalized spacial score (nSPS) is 19.1. The summed E-state index contributed by atoms with van der Waals surface area (Å²) >= 11 is 1.26. The van der Waals surface area contributed by atoms with Gasteiger partial charge in [-0.2, -0.15) is 0 Å². The Kier molecular flexibility index (Phi) is 9.32. The summed E-state index contributed by atoms with van der Waals surface area (Å²) in [5.41, 5.74) is 1.23. The maximum Gasteiger partial charge on any atom is 0.308 e. The first-order valence-electron chi connectivity index (χ1n) is 12.5. The molecule has 3 atom stereocenters. The lowest BCUT2D eigenvalue weighted by Gasteiger charge is -2.36. The van der Waals surface area contributed by atoms with Crippen LogP contribution in [-0.2, 0) is 4.79 Å². The molecule has 1 aliphatic heterocycles. The van der Waals surface area contributed by atoms with E-state index in [1.54, 1.807) is 37.6 Å². The molecule has 9 heteroatoms. The number of aliphatic carboxylic acids is 1. The maximum absolute atomic E-state index is 15.4. The lowest BCUT2D eigenvalue weighted by atomic mass is 9.81. The first-order chi connectivity index (χ1) is 17.9. The Labute approximate surface area is 219 Å². The van der Waals surface area contributed by atoms with Gasteiger partial charge in [-0.15, -0.1) is 11.8 Å². The van der Waals surface area contributed by atoms with Crippen LogP contribution in [0.1, 0.15) is 37.4 Å². The number of benzene rings is 2. The number of methoxy groups -OCH3 is 1. The van der Waals surface area contributed by atoms with Gasteiger partial charge in [0.15, 0.2) is 0 Å². The van der Waals surface area contributed by atoms with E-state index in [9.17, 15) is 18.7 Å². The van der Waals surface area contributed by atoms with E-state index >= 15 is 4.39 Å². The molecule has 37 heavy (non-hydrogen) atoms. The molecule has 3 aromatic rings. The van der Waals surface area contributed by atoms with Crippen molar-refractivity contribution in [1.29, 1.82) is 0 Å². The van der Waals surface area contributed by atoms with Crippen molar-refractivity contribution in [3.05, 3.63) is 65.9 Å². The number of pyridine rings is 1. The molecule has 0 amide bonds.